The first kappa shape index (κ1) is 40.1. The van der Waals surface area contributed by atoms with Crippen molar-refractivity contribution in [1.29, 1.82) is 0 Å². The third-order valence-corrected chi connectivity index (χ3v) is 11.9. The summed E-state index contributed by atoms with van der Waals surface area (Å²) in [5, 5.41) is 4.73. The molecule has 0 bridgehead atoms. The van der Waals surface area contributed by atoms with Gasteiger partial charge in [-0.05, 0) is 78.4 Å². The quantitative estimate of drug-likeness (QED) is 0.0467. The van der Waals surface area contributed by atoms with Gasteiger partial charge in [0.2, 0.25) is 5.69 Å². The molecule has 1 radical (unpaired) electrons. The van der Waals surface area contributed by atoms with Gasteiger partial charge >= 0.3 is 0 Å². The molecule has 11 heteroatoms. The van der Waals surface area contributed by atoms with E-state index < -0.39 is 20.2 Å². The van der Waals surface area contributed by atoms with E-state index in [0.717, 1.165) is 22.8 Å². The minimum absolute atomic E-state index is 0. The van der Waals surface area contributed by atoms with Crippen molar-refractivity contribution in [1.82, 2.24) is 0 Å². The fourth-order valence-corrected chi connectivity index (χ4v) is 9.16. The van der Waals surface area contributed by atoms with Gasteiger partial charge < -0.3 is 4.90 Å². The van der Waals surface area contributed by atoms with Gasteiger partial charge in [0.25, 0.3) is 20.2 Å². The summed E-state index contributed by atoms with van der Waals surface area (Å²) >= 11 is 0. The number of anilines is 1. The second kappa shape index (κ2) is 15.7. The molecule has 4 aromatic rings. The fourth-order valence-electron chi connectivity index (χ4n) is 8.02. The van der Waals surface area contributed by atoms with Gasteiger partial charge in [0.1, 0.15) is 6.54 Å². The molecule has 269 valence electrons. The number of hydrogen-bond acceptors (Lipinski definition) is 5. The molecule has 0 saturated heterocycles. The van der Waals surface area contributed by atoms with Crippen molar-refractivity contribution in [3.8, 4) is 0 Å². The van der Waals surface area contributed by atoms with Crippen LogP contribution in [0, 0.1) is 0 Å². The summed E-state index contributed by atoms with van der Waals surface area (Å²) < 4.78 is 66.5. The maximum Gasteiger partial charge on any atom is 0.264 e. The number of fused-ring (bicyclic) bond motifs is 6. The molecule has 2 N–H and O–H groups in total. The first-order valence-corrected chi connectivity index (χ1v) is 20.7. The van der Waals surface area contributed by atoms with Crippen molar-refractivity contribution in [3.63, 3.8) is 0 Å². The van der Waals surface area contributed by atoms with Crippen LogP contribution in [0.3, 0.4) is 0 Å². The summed E-state index contributed by atoms with van der Waals surface area (Å²) in [6, 6.07) is 25.3. The van der Waals surface area contributed by atoms with Crippen LogP contribution in [0.25, 0.3) is 21.5 Å². The third kappa shape index (κ3) is 8.34. The largest absolute Gasteiger partial charge is 0.344 e. The summed E-state index contributed by atoms with van der Waals surface area (Å²) in [6.07, 6.45) is 12.3. The smallest absolute Gasteiger partial charge is 0.264 e. The van der Waals surface area contributed by atoms with E-state index in [0.29, 0.717) is 38.8 Å². The molecule has 2 aliphatic rings. The predicted molar refractivity (Wildman–Crippen MR) is 215 cm³/mol. The topological polar surface area (TPSA) is 115 Å². The Hall–Kier alpha value is -3.09. The molecule has 0 amide bonds. The summed E-state index contributed by atoms with van der Waals surface area (Å²) in [4.78, 5) is 2.28. The van der Waals surface area contributed by atoms with E-state index in [1.807, 2.05) is 30.4 Å². The van der Waals surface area contributed by atoms with E-state index in [2.05, 4.69) is 110 Å². The number of nitrogens with zero attached hydrogens (tertiary/aromatic N) is 2. The molecule has 4 aromatic carbocycles. The van der Waals surface area contributed by atoms with Crippen molar-refractivity contribution in [2.75, 3.05) is 29.5 Å². The second-order valence-electron chi connectivity index (χ2n) is 14.6. The number of hydrogen-bond donors (Lipinski definition) is 2. The fraction of sp³-hybridized carbons (Fsp3) is 0.341. The van der Waals surface area contributed by atoms with Gasteiger partial charge in [0, 0.05) is 77.0 Å². The van der Waals surface area contributed by atoms with Crippen LogP contribution in [0.15, 0.2) is 109 Å². The van der Waals surface area contributed by atoms with Crippen LogP contribution in [0.4, 0.5) is 11.4 Å². The van der Waals surface area contributed by atoms with Gasteiger partial charge in [-0.2, -0.15) is 21.4 Å². The van der Waals surface area contributed by atoms with Crippen molar-refractivity contribution in [3.05, 3.63) is 120 Å². The summed E-state index contributed by atoms with van der Waals surface area (Å²) in [7, 11) is -8.04. The summed E-state index contributed by atoms with van der Waals surface area (Å²) in [5.41, 5.74) is 6.27. The van der Waals surface area contributed by atoms with E-state index in [1.54, 1.807) is 0 Å². The van der Waals surface area contributed by atoms with Gasteiger partial charge in [-0.25, -0.2) is 0 Å². The zero-order valence-electron chi connectivity index (χ0n) is 30.7. The number of rotatable bonds is 13. The zero-order chi connectivity index (χ0) is 36.6. The van der Waals surface area contributed by atoms with Crippen molar-refractivity contribution in [2.24, 2.45) is 0 Å². The minimum atomic E-state index is -4.02. The van der Waals surface area contributed by atoms with Crippen LogP contribution in [-0.4, -0.2) is 90.4 Å². The van der Waals surface area contributed by atoms with Crippen molar-refractivity contribution >= 4 is 88.4 Å². The first-order chi connectivity index (χ1) is 24.1. The average molecular weight is 751 g/mol. The molecule has 8 nitrogen and oxygen atoms in total. The van der Waals surface area contributed by atoms with Crippen molar-refractivity contribution < 1.29 is 30.5 Å². The van der Waals surface area contributed by atoms with E-state index in [4.69, 9.17) is 0 Å². The molecule has 0 aromatic heterocycles. The van der Waals surface area contributed by atoms with Gasteiger partial charge in [0.05, 0.1) is 16.9 Å². The second-order valence-corrected chi connectivity index (χ2v) is 17.7. The Balaban J connectivity index is 0.00000523. The Labute approximate surface area is 330 Å². The number of allylic oxidation sites excluding steroid dienone is 6. The van der Waals surface area contributed by atoms with Gasteiger partial charge in [-0.15, -0.1) is 0 Å². The molecule has 2 heterocycles. The van der Waals surface area contributed by atoms with E-state index in [-0.39, 0.29) is 51.9 Å². The molecular weight excluding hydrogens is 704 g/mol. The minimum Gasteiger partial charge on any atom is -0.344 e. The van der Waals surface area contributed by atoms with E-state index in [1.165, 1.54) is 32.7 Å². The van der Waals surface area contributed by atoms with Gasteiger partial charge in [-0.1, -0.05) is 86.7 Å². The first-order valence-electron chi connectivity index (χ1n) is 17.5. The molecule has 2 aliphatic heterocycles. The normalized spacial score (nSPS) is 17.5. The van der Waals surface area contributed by atoms with Crippen LogP contribution in [0.1, 0.15) is 64.5 Å². The maximum atomic E-state index is 11.4. The molecule has 0 unspecified atom stereocenters. The van der Waals surface area contributed by atoms with Crippen LogP contribution >= 0.6 is 0 Å². The Morgan fingerprint density at radius 3 is 1.88 bits per heavy atom. The standard InChI is InChI=1S/C41H46N2O6S2.Na/c1-40(2)36(42(26-12-14-28-50(44,45)46)34-24-22-30-16-8-10-18-32(30)38(34)40)20-6-5-7-21-37-41(3,4)39-33-19-11-9-17-31(33)23-25-35(39)43(37)27-13-15-29-51(47,48)49;/h5-11,16-25H,12-15,26-29H2,1-4H3,(H-,44,45,46,47,48,49);/p+1. The summed E-state index contributed by atoms with van der Waals surface area (Å²) in [5.74, 6) is -0.518. The monoisotopic (exact) mass is 750 g/mol. The number of unbranched alkanes of at least 4 members (excludes halogenated alkanes) is 2. The van der Waals surface area contributed by atoms with Gasteiger partial charge in [-0.3, -0.25) is 9.11 Å². The van der Waals surface area contributed by atoms with E-state index >= 15 is 0 Å². The molecule has 0 aliphatic carbocycles. The molecule has 0 atom stereocenters. The third-order valence-electron chi connectivity index (χ3n) is 10.3. The van der Waals surface area contributed by atoms with Crippen LogP contribution in [0.5, 0.6) is 0 Å². The van der Waals surface area contributed by atoms with Crippen LogP contribution < -0.4 is 4.90 Å². The maximum absolute atomic E-state index is 11.4. The Kier molecular flexibility index (Phi) is 12.1. The Morgan fingerprint density at radius 1 is 0.673 bits per heavy atom. The molecule has 0 fully saturated rings. The molecule has 0 spiro atoms. The average Bonchev–Trinajstić information content (AvgIpc) is 3.42. The van der Waals surface area contributed by atoms with Crippen LogP contribution in [-0.2, 0) is 31.1 Å². The summed E-state index contributed by atoms with van der Waals surface area (Å²) in [6.45, 7) is 10.1. The zero-order valence-corrected chi connectivity index (χ0v) is 34.3. The van der Waals surface area contributed by atoms with Crippen LogP contribution in [0.2, 0.25) is 0 Å². The van der Waals surface area contributed by atoms with Crippen molar-refractivity contribution in [2.45, 2.75) is 64.2 Å². The molecular formula is C41H47N2NaO6S2+. The molecule has 52 heavy (non-hydrogen) atoms. The predicted octanol–water partition coefficient (Wildman–Crippen LogP) is 8.12. The molecule has 0 saturated carbocycles. The van der Waals surface area contributed by atoms with E-state index in [9.17, 15) is 25.9 Å². The SMILES string of the molecule is CC1(C)C(/C=C/C=C/C=C2\N(CCCCS(=O)(=O)O)c3ccc4ccccc4c3C2(C)C)=[N+](CCCCS(=O)(=O)O)c2ccc3ccccc3c21.[Na]. The van der Waals surface area contributed by atoms with Gasteiger partial charge in [0.15, 0.2) is 5.71 Å². The number of benzene rings is 4. The Morgan fingerprint density at radius 2 is 1.25 bits per heavy atom. The Bertz CT molecular complexity index is 2340. The molecule has 6 rings (SSSR count).